The number of nitrogens with one attached hydrogen (secondary N) is 19. The lowest BCUT2D eigenvalue weighted by molar-refractivity contribution is -0.141. The average molecular weight is 1840 g/mol. The number of H-pyrrole nitrogens is 2. The molecule has 29 N–H and O–H groups in total. The highest BCUT2D eigenvalue weighted by atomic mass is 32.2. The van der Waals surface area contributed by atoms with E-state index < -0.39 is 186 Å². The fraction of sp³-hybridized carbons (Fsp3) is 0.571. The van der Waals surface area contributed by atoms with Crippen molar-refractivity contribution in [3.05, 3.63) is 84.1 Å². The topological polar surface area (TPSA) is 716 Å². The van der Waals surface area contributed by atoms with Crippen LogP contribution in [0.1, 0.15) is 154 Å². The molecule has 46 heteroatoms. The summed E-state index contributed by atoms with van der Waals surface area (Å²) in [4.78, 5) is 254. The zero-order valence-electron chi connectivity index (χ0n) is 74.2. The fourth-order valence-electron chi connectivity index (χ4n) is 13.7. The second-order valence-corrected chi connectivity index (χ2v) is 33.4. The first kappa shape index (κ1) is 108. The number of carbonyl (C=O) groups excluding carboxylic acids is 17. The minimum atomic E-state index is -1.71. The van der Waals surface area contributed by atoms with E-state index in [1.807, 2.05) is 31.1 Å². The summed E-state index contributed by atoms with van der Waals surface area (Å²) < 4.78 is 0. The number of thioether (sulfide) groups is 1. The molecule has 4 aromatic rings. The predicted molar refractivity (Wildman–Crippen MR) is 478 cm³/mol. The van der Waals surface area contributed by atoms with Crippen LogP contribution in [0.25, 0.3) is 10.9 Å². The molecule has 130 heavy (non-hydrogen) atoms. The van der Waals surface area contributed by atoms with Crippen LogP contribution < -0.4 is 108 Å². The number of rotatable bonds is 56. The van der Waals surface area contributed by atoms with Crippen LogP contribution in [0.5, 0.6) is 5.75 Å². The van der Waals surface area contributed by atoms with Crippen molar-refractivity contribution in [2.24, 2.45) is 34.8 Å². The number of carboxylic acids is 1. The van der Waals surface area contributed by atoms with E-state index in [9.17, 15) is 96.5 Å². The molecular formula is C84H129N25O20S. The molecule has 0 aliphatic carbocycles. The summed E-state index contributed by atoms with van der Waals surface area (Å²) in [5.74, 6) is -15.1. The van der Waals surface area contributed by atoms with Crippen LogP contribution in [0.3, 0.4) is 0 Å². The number of amides is 17. The number of nitrogens with two attached hydrogens (primary N) is 4. The molecule has 0 unspecified atom stereocenters. The van der Waals surface area contributed by atoms with Crippen molar-refractivity contribution in [3.8, 4) is 5.75 Å². The average Bonchev–Trinajstić information content (AvgIpc) is 1.76. The Morgan fingerprint density at radius 1 is 0.569 bits per heavy atom. The van der Waals surface area contributed by atoms with Gasteiger partial charge in [0.1, 0.15) is 72.2 Å². The van der Waals surface area contributed by atoms with E-state index in [1.54, 1.807) is 38.1 Å². The zero-order valence-corrected chi connectivity index (χ0v) is 75.0. The Labute approximate surface area is 757 Å². The number of aromatic nitrogens is 3. The second-order valence-electron chi connectivity index (χ2n) is 32.4. The number of hydrogen-bond acceptors (Lipinski definition) is 24. The normalized spacial score (nSPS) is 16.6. The maximum atomic E-state index is 14.4. The number of phenols is 1. The molecule has 1 fully saturated rings. The van der Waals surface area contributed by atoms with Crippen LogP contribution in [0, 0.1) is 17.2 Å². The number of aliphatic carboxylic acids is 1. The molecular weight excluding hydrogens is 1710 g/mol. The van der Waals surface area contributed by atoms with Crippen molar-refractivity contribution in [3.63, 3.8) is 0 Å². The van der Waals surface area contributed by atoms with Gasteiger partial charge in [-0.25, -0.2) is 4.98 Å². The number of aromatic amines is 2. The van der Waals surface area contributed by atoms with Gasteiger partial charge >= 0.3 is 5.97 Å². The number of carboxylic acid groups (broad SMARTS) is 1. The molecule has 0 bridgehead atoms. The molecule has 0 spiro atoms. The highest BCUT2D eigenvalue weighted by Gasteiger charge is 2.37. The van der Waals surface area contributed by atoms with Crippen LogP contribution in [-0.2, 0) is 106 Å². The molecule has 2 aromatic carbocycles. The Bertz CT molecular complexity index is 4440. The number of hydrogen-bond donors (Lipinski definition) is 25. The maximum Gasteiger partial charge on any atom is 0.305 e. The monoisotopic (exact) mass is 1840 g/mol. The van der Waals surface area contributed by atoms with E-state index in [0.717, 1.165) is 5.39 Å². The van der Waals surface area contributed by atoms with Gasteiger partial charge in [0.15, 0.2) is 5.96 Å². The van der Waals surface area contributed by atoms with Gasteiger partial charge in [-0.2, -0.15) is 11.8 Å². The molecule has 1 aliphatic heterocycles. The number of guanidine groups is 1. The van der Waals surface area contributed by atoms with Gasteiger partial charge in [-0.3, -0.25) is 91.7 Å². The number of unbranched alkanes of at least 4 members (excludes halogenated alkanes) is 3. The number of phenolic OH excluding ortho intramolecular Hbond substituents is 1. The summed E-state index contributed by atoms with van der Waals surface area (Å²) in [6.07, 6.45) is 4.72. The summed E-state index contributed by atoms with van der Waals surface area (Å²) in [5, 5.41) is 69.4. The minimum absolute atomic E-state index is 0.00615. The summed E-state index contributed by atoms with van der Waals surface area (Å²) in [6.45, 7) is 8.27. The molecule has 11 atom stereocenters. The Morgan fingerprint density at radius 2 is 1.15 bits per heavy atom. The van der Waals surface area contributed by atoms with Crippen LogP contribution in [0.15, 0.2) is 67.1 Å². The first-order valence-electron chi connectivity index (χ1n) is 43.3. The predicted octanol–water partition coefficient (Wildman–Crippen LogP) is -4.83. The summed E-state index contributed by atoms with van der Waals surface area (Å²) in [5.41, 5.74) is 24.4. The molecule has 45 nitrogen and oxygen atoms in total. The van der Waals surface area contributed by atoms with Gasteiger partial charge in [0.05, 0.1) is 31.5 Å². The molecule has 1 aliphatic rings. The highest BCUT2D eigenvalue weighted by Crippen LogP contribution is 2.19. The van der Waals surface area contributed by atoms with Crippen molar-refractivity contribution in [1.29, 1.82) is 5.41 Å². The highest BCUT2D eigenvalue weighted by molar-refractivity contribution is 7.98. The summed E-state index contributed by atoms with van der Waals surface area (Å²) in [6, 6.07) is -0.252. The molecule has 1 saturated heterocycles. The van der Waals surface area contributed by atoms with Crippen molar-refractivity contribution >= 4 is 135 Å². The fourth-order valence-corrected chi connectivity index (χ4v) is 14.2. The number of nitrogens with zero attached hydrogens (tertiary/aromatic N) is 2. The van der Waals surface area contributed by atoms with Gasteiger partial charge in [0, 0.05) is 108 Å². The van der Waals surface area contributed by atoms with Gasteiger partial charge in [0.25, 0.3) is 0 Å². The van der Waals surface area contributed by atoms with Gasteiger partial charge in [-0.1, -0.05) is 64.4 Å². The third-order valence-electron chi connectivity index (χ3n) is 20.7. The number of imidazole rings is 1. The Balaban J connectivity index is 1.12. The van der Waals surface area contributed by atoms with Crippen LogP contribution in [0.2, 0.25) is 0 Å². The number of para-hydroxylation sites is 1. The standard InChI is InChI=1S/C84H129N25O20S/c1-47(2)37-60(80(126)102-56(73(87)119)28-36-130-6)104-82(128)62(41-53-43-90-46-96-53)101-70(116)45-95-83(129)72(48(3)4)108-74(120)49(5)97-79(125)63(40-52-39-51-15-9-10-16-55(51)98-52)106-78(124)59(24-25-65(86)111)99-68(114)19-8-7-12-30-91-66(112)26-33-109(35-29-85)34-27-67(113)92-31-13-11-17-58-77(123)105-61(38-50-20-22-54(110)23-21-50)81(127)107-64(42-71(117)118)75(121)94-44-69(115)100-57(76(122)103-58)18-14-32-93-84(88)89/h9-10,15-16,20-23,39,43,46-49,56-64,72,98,110H,7-8,11-14,17-19,24-38,40-42,44-45,85H2,1-6H3,(H2,86,111)(H2,87,119)(H,90,96)(H,91,112)(H,92,113)(H,94,121)(H,95,129)(H,97,125)(H,99,114)(H,100,115)(H,101,116)(H,102,126)(H,103,122)(H,104,128)(H,105,123)(H,106,124)(H,107,127)(H,108,120)(H,117,118)(H4,88,89,93)/t49-,56+,57+,58+,59-,60-,61-,62+,63+,64+,72+/m0/s1. The van der Waals surface area contributed by atoms with E-state index in [2.05, 4.69) is 100 Å². The molecule has 17 amide bonds. The molecule has 3 heterocycles. The summed E-state index contributed by atoms with van der Waals surface area (Å²) >= 11 is 1.45. The van der Waals surface area contributed by atoms with E-state index in [0.29, 0.717) is 54.0 Å². The van der Waals surface area contributed by atoms with Crippen molar-refractivity contribution in [2.75, 3.05) is 70.9 Å². The number of aromatic hydroxyl groups is 1. The Morgan fingerprint density at radius 3 is 1.77 bits per heavy atom. The molecule has 2 aromatic heterocycles. The molecule has 0 radical (unpaired) electrons. The van der Waals surface area contributed by atoms with Gasteiger partial charge < -0.3 is 133 Å². The number of carbonyl (C=O) groups is 18. The van der Waals surface area contributed by atoms with E-state index in [4.69, 9.17) is 28.3 Å². The second kappa shape index (κ2) is 57.0. The van der Waals surface area contributed by atoms with Crippen molar-refractivity contribution in [1.82, 2.24) is 105 Å². The molecule has 0 saturated carbocycles. The van der Waals surface area contributed by atoms with Gasteiger partial charge in [0.2, 0.25) is 100 Å². The van der Waals surface area contributed by atoms with E-state index >= 15 is 0 Å². The van der Waals surface area contributed by atoms with E-state index in [1.165, 1.54) is 55.5 Å². The third-order valence-corrected chi connectivity index (χ3v) is 21.4. The zero-order chi connectivity index (χ0) is 95.9. The summed E-state index contributed by atoms with van der Waals surface area (Å²) in [7, 11) is 0. The van der Waals surface area contributed by atoms with Crippen LogP contribution in [0.4, 0.5) is 0 Å². The van der Waals surface area contributed by atoms with Crippen molar-refractivity contribution in [2.45, 2.75) is 223 Å². The largest absolute Gasteiger partial charge is 0.508 e. The van der Waals surface area contributed by atoms with Crippen molar-refractivity contribution < 1.29 is 96.5 Å². The maximum absolute atomic E-state index is 14.4. The smallest absolute Gasteiger partial charge is 0.305 e. The van der Waals surface area contributed by atoms with Crippen LogP contribution >= 0.6 is 11.8 Å². The minimum Gasteiger partial charge on any atom is -0.508 e. The van der Waals surface area contributed by atoms with E-state index in [-0.39, 0.29) is 165 Å². The quantitative estimate of drug-likeness (QED) is 0.0112. The van der Waals surface area contributed by atoms with Crippen LogP contribution in [-0.4, -0.2) is 280 Å². The van der Waals surface area contributed by atoms with Gasteiger partial charge in [-0.05, 0) is 130 Å². The first-order valence-corrected chi connectivity index (χ1v) is 44.7. The number of benzene rings is 2. The lowest BCUT2D eigenvalue weighted by atomic mass is 10.0. The number of fused-ring (bicyclic) bond motifs is 1. The van der Waals surface area contributed by atoms with Gasteiger partial charge in [-0.15, -0.1) is 0 Å². The molecule has 716 valence electrons. The SMILES string of the molecule is CSCC[C@@H](NC(=O)[C@H](CC(C)C)NC(=O)[C@@H](Cc1c[nH]cn1)NC(=O)CNC(=O)[C@H](NC(=O)[C@H](C)NC(=O)[C@@H](Cc1cc2ccccc2[nH]1)NC(=O)[C@H](CCC(N)=O)NC(=O)CCCCCNC(=O)CCN(CCN)CCC(=O)NCCCC[C@H]1NC(=O)[C@@H](CCCNC(=N)N)NC(=O)CNC(=O)[C@@H](CC(=O)O)NC(=O)[C@H](Cc2ccc(O)cc2)NC1=O)C(C)C)C(N)=O. The lowest BCUT2D eigenvalue weighted by Crippen LogP contribution is -2.59. The Kier molecular flexibility index (Phi) is 47.2. The third kappa shape index (κ3) is 41.0. The lowest BCUT2D eigenvalue weighted by Gasteiger charge is -2.26. The first-order chi connectivity index (χ1) is 61.8. The Hall–Kier alpha value is -13.0. The number of primary amides is 2. The molecule has 5 rings (SSSR count).